The Morgan fingerprint density at radius 2 is 2.09 bits per heavy atom. The summed E-state index contributed by atoms with van der Waals surface area (Å²) in [6.07, 6.45) is 4.27. The first kappa shape index (κ1) is 23.6. The molecular formula is C27H35N5O3. The van der Waals surface area contributed by atoms with Gasteiger partial charge >= 0.3 is 0 Å². The molecule has 0 radical (unpaired) electrons. The van der Waals surface area contributed by atoms with Crippen LogP contribution in [0.3, 0.4) is 0 Å². The minimum absolute atomic E-state index is 0.0335. The molecule has 1 N–H and O–H groups in total. The van der Waals surface area contributed by atoms with Gasteiger partial charge in [0.1, 0.15) is 11.6 Å². The quantitative estimate of drug-likeness (QED) is 0.597. The van der Waals surface area contributed by atoms with Crippen LogP contribution in [0.5, 0.6) is 5.75 Å². The Hall–Kier alpha value is -3.13. The second-order valence-corrected chi connectivity index (χ2v) is 10.7. The number of aromatic nitrogens is 4. The first-order valence-corrected chi connectivity index (χ1v) is 12.4. The molecular weight excluding hydrogens is 442 g/mol. The van der Waals surface area contributed by atoms with Gasteiger partial charge in [0, 0.05) is 12.2 Å². The predicted octanol–water partition coefficient (Wildman–Crippen LogP) is 4.13. The summed E-state index contributed by atoms with van der Waals surface area (Å²) >= 11 is 0. The molecule has 0 aliphatic carbocycles. The van der Waals surface area contributed by atoms with E-state index >= 15 is 0 Å². The van der Waals surface area contributed by atoms with E-state index in [9.17, 15) is 4.79 Å². The molecule has 1 amide bonds. The van der Waals surface area contributed by atoms with Gasteiger partial charge in [-0.05, 0) is 69.2 Å². The largest absolute Gasteiger partial charge is 0.496 e. The Labute approximate surface area is 206 Å². The van der Waals surface area contributed by atoms with E-state index in [1.807, 2.05) is 25.7 Å². The van der Waals surface area contributed by atoms with Crippen LogP contribution in [0, 0.1) is 12.8 Å². The fourth-order valence-corrected chi connectivity index (χ4v) is 5.34. The maximum absolute atomic E-state index is 13.9. The van der Waals surface area contributed by atoms with E-state index < -0.39 is 0 Å². The molecule has 0 spiro atoms. The van der Waals surface area contributed by atoms with Gasteiger partial charge in [-0.15, -0.1) is 0 Å². The summed E-state index contributed by atoms with van der Waals surface area (Å²) in [5.41, 5.74) is 6.37. The lowest BCUT2D eigenvalue weighted by molar-refractivity contribution is -0.0373. The van der Waals surface area contributed by atoms with E-state index in [1.54, 1.807) is 13.3 Å². The van der Waals surface area contributed by atoms with Gasteiger partial charge in [0.25, 0.3) is 5.91 Å². The zero-order valence-electron chi connectivity index (χ0n) is 21.6. The van der Waals surface area contributed by atoms with Gasteiger partial charge in [-0.3, -0.25) is 14.5 Å². The predicted molar refractivity (Wildman–Crippen MR) is 134 cm³/mol. The number of H-pyrrole nitrogens is 1. The number of methoxy groups -OCH3 is 1. The Morgan fingerprint density at radius 1 is 1.29 bits per heavy atom. The van der Waals surface area contributed by atoms with Crippen molar-refractivity contribution in [3.8, 4) is 22.8 Å². The van der Waals surface area contributed by atoms with Crippen molar-refractivity contribution in [1.29, 1.82) is 0 Å². The van der Waals surface area contributed by atoms with Gasteiger partial charge in [0.2, 0.25) is 0 Å². The molecule has 0 saturated carbocycles. The number of benzene rings is 1. The van der Waals surface area contributed by atoms with E-state index in [0.29, 0.717) is 31.4 Å². The Kier molecular flexibility index (Phi) is 5.95. The SMILES string of the molecule is COc1cc2c(cc1CC(C)C)-n1c(-c3cn[nH]c3C)nc(C(=O)N3CCOCC3(C)C)c1CC2. The lowest BCUT2D eigenvalue weighted by Crippen LogP contribution is -2.55. The number of ether oxygens (including phenoxy) is 2. The zero-order valence-corrected chi connectivity index (χ0v) is 21.6. The van der Waals surface area contributed by atoms with Crippen molar-refractivity contribution in [2.24, 2.45) is 5.92 Å². The highest BCUT2D eigenvalue weighted by atomic mass is 16.5. The number of carbonyl (C=O) groups is 1. The maximum atomic E-state index is 13.9. The third kappa shape index (κ3) is 4.03. The van der Waals surface area contributed by atoms with E-state index in [1.165, 1.54) is 11.1 Å². The van der Waals surface area contributed by atoms with Crippen molar-refractivity contribution in [2.75, 3.05) is 26.9 Å². The second-order valence-electron chi connectivity index (χ2n) is 10.7. The minimum Gasteiger partial charge on any atom is -0.496 e. The number of rotatable bonds is 5. The third-order valence-electron chi connectivity index (χ3n) is 7.12. The normalized spacial score (nSPS) is 16.8. The average molecular weight is 478 g/mol. The van der Waals surface area contributed by atoms with Crippen LogP contribution in [0.15, 0.2) is 18.3 Å². The molecule has 35 heavy (non-hydrogen) atoms. The number of imidazole rings is 1. The van der Waals surface area contributed by atoms with Crippen LogP contribution in [0.1, 0.15) is 60.7 Å². The molecule has 2 aromatic heterocycles. The summed E-state index contributed by atoms with van der Waals surface area (Å²) in [5.74, 6) is 2.13. The number of nitrogens with one attached hydrogen (secondary N) is 1. The molecule has 1 fully saturated rings. The van der Waals surface area contributed by atoms with Crippen LogP contribution in [-0.2, 0) is 24.0 Å². The van der Waals surface area contributed by atoms with Gasteiger partial charge in [-0.1, -0.05) is 13.8 Å². The first-order chi connectivity index (χ1) is 16.7. The summed E-state index contributed by atoms with van der Waals surface area (Å²) in [4.78, 5) is 20.9. The zero-order chi connectivity index (χ0) is 24.9. The maximum Gasteiger partial charge on any atom is 0.274 e. The molecule has 1 aromatic carbocycles. The van der Waals surface area contributed by atoms with E-state index in [0.717, 1.165) is 53.5 Å². The average Bonchev–Trinajstić information content (AvgIpc) is 3.40. The number of aryl methyl sites for hydroxylation is 2. The monoisotopic (exact) mass is 477 g/mol. The molecule has 8 heteroatoms. The number of hydrogen-bond donors (Lipinski definition) is 1. The van der Waals surface area contributed by atoms with Gasteiger partial charge < -0.3 is 14.4 Å². The molecule has 3 aromatic rings. The Morgan fingerprint density at radius 3 is 2.74 bits per heavy atom. The van der Waals surface area contributed by atoms with Crippen LogP contribution in [0.25, 0.3) is 17.1 Å². The van der Waals surface area contributed by atoms with Crippen molar-refractivity contribution in [2.45, 2.75) is 59.4 Å². The lowest BCUT2D eigenvalue weighted by Gasteiger charge is -2.41. The molecule has 2 aliphatic heterocycles. The molecule has 4 heterocycles. The summed E-state index contributed by atoms with van der Waals surface area (Å²) in [6, 6.07) is 4.39. The van der Waals surface area contributed by atoms with Crippen LogP contribution < -0.4 is 4.74 Å². The Balaban J connectivity index is 1.71. The van der Waals surface area contributed by atoms with E-state index in [4.69, 9.17) is 14.5 Å². The number of hydrogen-bond acceptors (Lipinski definition) is 5. The Bertz CT molecular complexity index is 1270. The summed E-state index contributed by atoms with van der Waals surface area (Å²) in [6.45, 7) is 12.1. The topological polar surface area (TPSA) is 85.3 Å². The van der Waals surface area contributed by atoms with Gasteiger partial charge in [-0.25, -0.2) is 4.98 Å². The van der Waals surface area contributed by atoms with Crippen LogP contribution in [0.4, 0.5) is 0 Å². The number of nitrogens with zero attached hydrogens (tertiary/aromatic N) is 4. The molecule has 0 bridgehead atoms. The highest BCUT2D eigenvalue weighted by Crippen LogP contribution is 2.38. The van der Waals surface area contributed by atoms with E-state index in [2.05, 4.69) is 40.7 Å². The number of carbonyl (C=O) groups excluding carboxylic acids is 1. The highest BCUT2D eigenvalue weighted by molar-refractivity contribution is 5.95. The van der Waals surface area contributed by atoms with Crippen molar-refractivity contribution >= 4 is 5.91 Å². The number of morpholine rings is 1. The van der Waals surface area contributed by atoms with Crippen LogP contribution in [-0.4, -0.2) is 63.0 Å². The summed E-state index contributed by atoms with van der Waals surface area (Å²) < 4.78 is 13.6. The third-order valence-corrected chi connectivity index (χ3v) is 7.12. The fraction of sp³-hybridized carbons (Fsp3) is 0.519. The molecule has 0 unspecified atom stereocenters. The summed E-state index contributed by atoms with van der Waals surface area (Å²) in [7, 11) is 1.73. The number of fused-ring (bicyclic) bond motifs is 3. The lowest BCUT2D eigenvalue weighted by atomic mass is 9.94. The standard InChI is InChI=1S/C27H35N5O3/c1-16(2)11-19-12-22-18(13-23(19)34-6)7-8-21-24(26(33)31-9-10-35-15-27(31,4)5)29-25(32(21)22)20-14-28-30-17(20)3/h12-14,16H,7-11,15H2,1-6H3,(H,28,30). The van der Waals surface area contributed by atoms with Crippen molar-refractivity contribution in [3.63, 3.8) is 0 Å². The molecule has 186 valence electrons. The van der Waals surface area contributed by atoms with Crippen molar-refractivity contribution in [3.05, 3.63) is 46.5 Å². The first-order valence-electron chi connectivity index (χ1n) is 12.4. The highest BCUT2D eigenvalue weighted by Gasteiger charge is 2.38. The van der Waals surface area contributed by atoms with Gasteiger partial charge in [-0.2, -0.15) is 5.10 Å². The van der Waals surface area contributed by atoms with Gasteiger partial charge in [0.05, 0.1) is 49.0 Å². The van der Waals surface area contributed by atoms with E-state index in [-0.39, 0.29) is 11.4 Å². The molecule has 8 nitrogen and oxygen atoms in total. The molecule has 0 atom stereocenters. The molecule has 1 saturated heterocycles. The van der Waals surface area contributed by atoms with Crippen LogP contribution in [0.2, 0.25) is 0 Å². The van der Waals surface area contributed by atoms with Crippen LogP contribution >= 0.6 is 0 Å². The second kappa shape index (κ2) is 8.82. The fourth-order valence-electron chi connectivity index (χ4n) is 5.34. The number of aromatic amines is 1. The minimum atomic E-state index is -0.387. The molecule has 5 rings (SSSR count). The number of amides is 1. The summed E-state index contributed by atoms with van der Waals surface area (Å²) in [5, 5.41) is 7.28. The van der Waals surface area contributed by atoms with Gasteiger partial charge in [0.15, 0.2) is 5.69 Å². The van der Waals surface area contributed by atoms with Crippen molar-refractivity contribution < 1.29 is 14.3 Å². The van der Waals surface area contributed by atoms with Crippen molar-refractivity contribution in [1.82, 2.24) is 24.6 Å². The molecule has 2 aliphatic rings. The smallest absolute Gasteiger partial charge is 0.274 e.